The van der Waals surface area contributed by atoms with Gasteiger partial charge in [-0.15, -0.1) is 0 Å². The van der Waals surface area contributed by atoms with Crippen LogP contribution in [0.5, 0.6) is 5.75 Å². The van der Waals surface area contributed by atoms with Crippen LogP contribution in [0.1, 0.15) is 53.1 Å². The summed E-state index contributed by atoms with van der Waals surface area (Å²) in [6.45, 7) is 2.97. The number of carbonyl (C=O) groups is 1. The molecule has 2 aromatic carbocycles. The molecule has 1 aliphatic heterocycles. The SMILES string of the molecule is CS(=O)(=O)NC(=O)c1cc(C2CC2)c(OCC2CCCN(Cc3cc(Cl)cc(Cl)c3)C2)cc1F. The van der Waals surface area contributed by atoms with Crippen molar-refractivity contribution < 1.29 is 22.3 Å². The molecule has 2 aliphatic rings. The first-order valence-corrected chi connectivity index (χ1v) is 13.9. The minimum atomic E-state index is -3.79. The molecule has 1 unspecified atom stereocenters. The summed E-state index contributed by atoms with van der Waals surface area (Å²) < 4.78 is 45.4. The van der Waals surface area contributed by atoms with Crippen LogP contribution in [0.15, 0.2) is 30.3 Å². The highest BCUT2D eigenvalue weighted by Crippen LogP contribution is 2.45. The zero-order valence-corrected chi connectivity index (χ0v) is 21.1. The summed E-state index contributed by atoms with van der Waals surface area (Å²) >= 11 is 12.3. The zero-order valence-electron chi connectivity index (χ0n) is 18.8. The van der Waals surface area contributed by atoms with E-state index < -0.39 is 21.7 Å². The number of rotatable bonds is 8. The molecule has 0 bridgehead atoms. The van der Waals surface area contributed by atoms with Crippen LogP contribution < -0.4 is 9.46 Å². The highest BCUT2D eigenvalue weighted by Gasteiger charge is 2.30. The molecule has 34 heavy (non-hydrogen) atoms. The van der Waals surface area contributed by atoms with E-state index in [-0.39, 0.29) is 17.4 Å². The van der Waals surface area contributed by atoms with Gasteiger partial charge in [0.15, 0.2) is 0 Å². The number of benzene rings is 2. The number of nitrogens with one attached hydrogen (secondary N) is 1. The molecule has 6 nitrogen and oxygen atoms in total. The Balaban J connectivity index is 1.42. The van der Waals surface area contributed by atoms with Gasteiger partial charge in [0.1, 0.15) is 11.6 Å². The van der Waals surface area contributed by atoms with Crippen molar-refractivity contribution in [3.8, 4) is 5.75 Å². The number of ether oxygens (including phenoxy) is 1. The molecule has 10 heteroatoms. The van der Waals surface area contributed by atoms with Crippen molar-refractivity contribution in [3.63, 3.8) is 0 Å². The van der Waals surface area contributed by atoms with Gasteiger partial charge in [0.2, 0.25) is 10.0 Å². The maximum atomic E-state index is 14.7. The second-order valence-corrected chi connectivity index (χ2v) is 11.8. The maximum absolute atomic E-state index is 14.7. The fourth-order valence-corrected chi connectivity index (χ4v) is 5.42. The Hall–Kier alpha value is -1.87. The Morgan fingerprint density at radius 2 is 1.85 bits per heavy atom. The van der Waals surface area contributed by atoms with Crippen molar-refractivity contribution in [3.05, 3.63) is 62.9 Å². The number of halogens is 3. The molecule has 1 amide bonds. The molecular formula is C24H27Cl2FN2O4S. The van der Waals surface area contributed by atoms with Gasteiger partial charge in [-0.1, -0.05) is 23.2 Å². The second-order valence-electron chi connectivity index (χ2n) is 9.18. The molecule has 1 heterocycles. The first-order valence-electron chi connectivity index (χ1n) is 11.2. The lowest BCUT2D eigenvalue weighted by Gasteiger charge is -2.33. The van der Waals surface area contributed by atoms with Gasteiger partial charge in [0.05, 0.1) is 18.4 Å². The average molecular weight is 529 g/mol. The summed E-state index contributed by atoms with van der Waals surface area (Å²) in [5, 5.41) is 1.23. The summed E-state index contributed by atoms with van der Waals surface area (Å²) in [5.41, 5.74) is 1.52. The molecule has 1 N–H and O–H groups in total. The largest absolute Gasteiger partial charge is 0.493 e. The highest BCUT2D eigenvalue weighted by molar-refractivity contribution is 7.89. The van der Waals surface area contributed by atoms with E-state index >= 15 is 0 Å². The van der Waals surface area contributed by atoms with Gasteiger partial charge in [-0.3, -0.25) is 9.69 Å². The number of hydrogen-bond donors (Lipinski definition) is 1. The molecule has 184 valence electrons. The Morgan fingerprint density at radius 3 is 2.50 bits per heavy atom. The van der Waals surface area contributed by atoms with E-state index in [9.17, 15) is 17.6 Å². The molecule has 2 fully saturated rings. The normalized spacial score (nSPS) is 19.1. The summed E-state index contributed by atoms with van der Waals surface area (Å²) in [6.07, 6.45) is 4.74. The van der Waals surface area contributed by atoms with E-state index in [0.717, 1.165) is 62.7 Å². The van der Waals surface area contributed by atoms with Gasteiger partial charge < -0.3 is 4.74 Å². The number of sulfonamides is 1. The van der Waals surface area contributed by atoms with Crippen LogP contribution >= 0.6 is 23.2 Å². The number of amides is 1. The molecule has 0 aromatic heterocycles. The number of nitrogens with zero attached hydrogens (tertiary/aromatic N) is 1. The van der Waals surface area contributed by atoms with Crippen molar-refractivity contribution >= 4 is 39.1 Å². The van der Waals surface area contributed by atoms with Crippen LogP contribution in [-0.2, 0) is 16.6 Å². The Morgan fingerprint density at radius 1 is 1.15 bits per heavy atom. The standard InChI is InChI=1S/C24H27Cl2FN2O4S/c1-34(31,32)28-24(30)21-10-20(17-4-5-17)23(11-22(21)27)33-14-15-3-2-6-29(12-15)13-16-7-18(25)9-19(26)8-16/h7-11,15,17H,2-6,12-14H2,1H3,(H,28,30). The Labute approximate surface area is 209 Å². The summed E-state index contributed by atoms with van der Waals surface area (Å²) in [5.74, 6) is -0.890. The van der Waals surface area contributed by atoms with E-state index in [2.05, 4.69) is 4.90 Å². The van der Waals surface area contributed by atoms with Crippen LogP contribution in [0.2, 0.25) is 10.0 Å². The van der Waals surface area contributed by atoms with Crippen LogP contribution in [0.4, 0.5) is 4.39 Å². The molecule has 0 spiro atoms. The molecule has 1 atom stereocenters. The fourth-order valence-electron chi connectivity index (χ4n) is 4.41. The minimum absolute atomic E-state index is 0.191. The van der Waals surface area contributed by atoms with Gasteiger partial charge in [-0.05, 0) is 73.5 Å². The number of hydrogen-bond acceptors (Lipinski definition) is 5. The highest BCUT2D eigenvalue weighted by atomic mass is 35.5. The van der Waals surface area contributed by atoms with Crippen LogP contribution in [0.25, 0.3) is 0 Å². The molecule has 1 saturated carbocycles. The first kappa shape index (κ1) is 25.2. The predicted molar refractivity (Wildman–Crippen MR) is 131 cm³/mol. The fraction of sp³-hybridized carbons (Fsp3) is 0.458. The van der Waals surface area contributed by atoms with E-state index in [1.165, 1.54) is 12.1 Å². The van der Waals surface area contributed by atoms with E-state index in [1.54, 1.807) is 6.07 Å². The summed E-state index contributed by atoms with van der Waals surface area (Å²) in [4.78, 5) is 14.6. The van der Waals surface area contributed by atoms with Crippen LogP contribution in [0, 0.1) is 11.7 Å². The molecule has 1 aliphatic carbocycles. The minimum Gasteiger partial charge on any atom is -0.493 e. The molecular weight excluding hydrogens is 502 g/mol. The molecule has 0 radical (unpaired) electrons. The lowest BCUT2D eigenvalue weighted by atomic mass is 9.98. The lowest BCUT2D eigenvalue weighted by Crippen LogP contribution is -2.37. The van der Waals surface area contributed by atoms with Crippen LogP contribution in [-0.4, -0.2) is 45.2 Å². The van der Waals surface area contributed by atoms with Gasteiger partial charge >= 0.3 is 0 Å². The van der Waals surface area contributed by atoms with E-state index in [1.807, 2.05) is 16.9 Å². The Bertz CT molecular complexity index is 1170. The smallest absolute Gasteiger partial charge is 0.267 e. The summed E-state index contributed by atoms with van der Waals surface area (Å²) in [7, 11) is -3.79. The third-order valence-electron chi connectivity index (χ3n) is 6.05. The third-order valence-corrected chi connectivity index (χ3v) is 7.04. The summed E-state index contributed by atoms with van der Waals surface area (Å²) in [6, 6.07) is 8.18. The van der Waals surface area contributed by atoms with E-state index in [4.69, 9.17) is 27.9 Å². The van der Waals surface area contributed by atoms with Gasteiger partial charge in [0.25, 0.3) is 5.91 Å². The van der Waals surface area contributed by atoms with Gasteiger partial charge in [-0.25, -0.2) is 17.5 Å². The molecule has 4 rings (SSSR count). The zero-order chi connectivity index (χ0) is 24.5. The van der Waals surface area contributed by atoms with Crippen molar-refractivity contribution in [1.82, 2.24) is 9.62 Å². The van der Waals surface area contributed by atoms with Crippen molar-refractivity contribution in [2.75, 3.05) is 26.0 Å². The Kier molecular flexibility index (Phi) is 7.72. The quantitative estimate of drug-likeness (QED) is 0.522. The van der Waals surface area contributed by atoms with Crippen molar-refractivity contribution in [1.29, 1.82) is 0 Å². The second kappa shape index (κ2) is 10.4. The number of carbonyl (C=O) groups excluding carboxylic acids is 1. The molecule has 2 aromatic rings. The first-order chi connectivity index (χ1) is 16.1. The molecule has 1 saturated heterocycles. The average Bonchev–Trinajstić information content (AvgIpc) is 3.55. The maximum Gasteiger partial charge on any atom is 0.267 e. The van der Waals surface area contributed by atoms with Gasteiger partial charge in [0, 0.05) is 35.1 Å². The van der Waals surface area contributed by atoms with E-state index in [0.29, 0.717) is 22.4 Å². The van der Waals surface area contributed by atoms with Crippen molar-refractivity contribution in [2.24, 2.45) is 5.92 Å². The number of likely N-dealkylation sites (tertiary alicyclic amines) is 1. The van der Waals surface area contributed by atoms with Crippen LogP contribution in [0.3, 0.4) is 0 Å². The monoisotopic (exact) mass is 528 g/mol. The van der Waals surface area contributed by atoms with Gasteiger partial charge in [-0.2, -0.15) is 0 Å². The predicted octanol–water partition coefficient (Wildman–Crippen LogP) is 4.99. The third kappa shape index (κ3) is 6.84. The number of piperidine rings is 1. The lowest BCUT2D eigenvalue weighted by molar-refractivity contribution is 0.0977. The topological polar surface area (TPSA) is 75.7 Å². The van der Waals surface area contributed by atoms with Crippen molar-refractivity contribution in [2.45, 2.75) is 38.1 Å².